The summed E-state index contributed by atoms with van der Waals surface area (Å²) in [5.41, 5.74) is -0.582. The van der Waals surface area contributed by atoms with Gasteiger partial charge >= 0.3 is 0 Å². The van der Waals surface area contributed by atoms with Gasteiger partial charge in [-0.25, -0.2) is 0 Å². The number of nitrogens with one attached hydrogen (secondary N) is 1. The maximum atomic E-state index is 12.3. The standard InChI is InChI=1S/C18H19ClN2O5/c1-18(23,10-12-3-6-14(26-2)7-4-12)11-20-17(22)15-9-13(21(24)25)5-8-16(15)19/h3-9,23H,10-11H2,1-2H3,(H,20,22). The van der Waals surface area contributed by atoms with Crippen LogP contribution in [0.15, 0.2) is 42.5 Å². The molecule has 2 aromatic carbocycles. The Kier molecular flexibility index (Phi) is 6.18. The average Bonchev–Trinajstić information content (AvgIpc) is 2.60. The third-order valence-corrected chi connectivity index (χ3v) is 4.11. The molecule has 0 aliphatic rings. The molecule has 0 saturated carbocycles. The lowest BCUT2D eigenvalue weighted by molar-refractivity contribution is -0.384. The van der Waals surface area contributed by atoms with Crippen LogP contribution in [-0.4, -0.2) is 35.2 Å². The first kappa shape index (κ1) is 19.7. The second-order valence-corrected chi connectivity index (χ2v) is 6.53. The van der Waals surface area contributed by atoms with Gasteiger partial charge in [0.1, 0.15) is 5.75 Å². The molecule has 2 aromatic rings. The quantitative estimate of drug-likeness (QED) is 0.569. The summed E-state index contributed by atoms with van der Waals surface area (Å²) in [6, 6.07) is 10.8. The Hall–Kier alpha value is -2.64. The van der Waals surface area contributed by atoms with Crippen molar-refractivity contribution in [2.45, 2.75) is 18.9 Å². The van der Waals surface area contributed by atoms with Crippen molar-refractivity contribution in [2.24, 2.45) is 0 Å². The van der Waals surface area contributed by atoms with Crippen LogP contribution in [0.3, 0.4) is 0 Å². The number of benzene rings is 2. The van der Waals surface area contributed by atoms with Gasteiger partial charge in [-0.15, -0.1) is 0 Å². The Bertz CT molecular complexity index is 806. The van der Waals surface area contributed by atoms with Crippen LogP contribution < -0.4 is 10.1 Å². The number of amides is 1. The normalized spacial score (nSPS) is 12.9. The Morgan fingerprint density at radius 1 is 1.31 bits per heavy atom. The van der Waals surface area contributed by atoms with Crippen molar-refractivity contribution in [3.8, 4) is 5.75 Å². The zero-order valence-corrected chi connectivity index (χ0v) is 15.1. The fourth-order valence-electron chi connectivity index (χ4n) is 2.41. The largest absolute Gasteiger partial charge is 0.497 e. The molecule has 1 unspecified atom stereocenters. The SMILES string of the molecule is COc1ccc(CC(C)(O)CNC(=O)c2cc([N+](=O)[O-])ccc2Cl)cc1. The van der Waals surface area contributed by atoms with Crippen molar-refractivity contribution < 1.29 is 19.6 Å². The predicted octanol–water partition coefficient (Wildman–Crippen LogP) is 2.98. The molecule has 0 aliphatic carbocycles. The van der Waals surface area contributed by atoms with Gasteiger partial charge in [-0.2, -0.15) is 0 Å². The van der Waals surface area contributed by atoms with Crippen LogP contribution in [0.25, 0.3) is 0 Å². The molecule has 0 bridgehead atoms. The van der Waals surface area contributed by atoms with E-state index in [0.717, 1.165) is 11.6 Å². The van der Waals surface area contributed by atoms with E-state index in [1.807, 2.05) is 12.1 Å². The fraction of sp³-hybridized carbons (Fsp3) is 0.278. The van der Waals surface area contributed by atoms with E-state index < -0.39 is 16.4 Å². The Balaban J connectivity index is 2.03. The molecular weight excluding hydrogens is 360 g/mol. The van der Waals surface area contributed by atoms with Crippen LogP contribution in [0.2, 0.25) is 5.02 Å². The lowest BCUT2D eigenvalue weighted by Crippen LogP contribution is -2.42. The Morgan fingerprint density at radius 2 is 1.96 bits per heavy atom. The van der Waals surface area contributed by atoms with E-state index in [4.69, 9.17) is 16.3 Å². The highest BCUT2D eigenvalue weighted by Crippen LogP contribution is 2.22. The summed E-state index contributed by atoms with van der Waals surface area (Å²) >= 11 is 5.95. The average molecular weight is 379 g/mol. The molecule has 0 radical (unpaired) electrons. The van der Waals surface area contributed by atoms with Crippen LogP contribution in [0.4, 0.5) is 5.69 Å². The van der Waals surface area contributed by atoms with Crippen molar-refractivity contribution in [1.82, 2.24) is 5.32 Å². The van der Waals surface area contributed by atoms with Crippen LogP contribution in [-0.2, 0) is 6.42 Å². The van der Waals surface area contributed by atoms with Crippen LogP contribution in [0.1, 0.15) is 22.8 Å². The van der Waals surface area contributed by atoms with Gasteiger partial charge in [-0.1, -0.05) is 23.7 Å². The topological polar surface area (TPSA) is 102 Å². The van der Waals surface area contributed by atoms with E-state index >= 15 is 0 Å². The van der Waals surface area contributed by atoms with Crippen molar-refractivity contribution in [3.05, 3.63) is 68.7 Å². The minimum atomic E-state index is -1.21. The third-order valence-electron chi connectivity index (χ3n) is 3.78. The maximum Gasteiger partial charge on any atom is 0.270 e. The first-order chi connectivity index (χ1) is 12.2. The van der Waals surface area contributed by atoms with E-state index in [-0.39, 0.29) is 22.8 Å². The number of nitro groups is 1. The summed E-state index contributed by atoms with van der Waals surface area (Å²) in [6.45, 7) is 1.55. The smallest absolute Gasteiger partial charge is 0.270 e. The molecular formula is C18H19ClN2O5. The van der Waals surface area contributed by atoms with E-state index in [9.17, 15) is 20.0 Å². The minimum absolute atomic E-state index is 0.0129. The van der Waals surface area contributed by atoms with Crippen LogP contribution in [0, 0.1) is 10.1 Å². The number of halogens is 1. The Labute approximate surface area is 155 Å². The number of non-ortho nitro benzene ring substituents is 1. The molecule has 2 rings (SSSR count). The van der Waals surface area contributed by atoms with Crippen LogP contribution >= 0.6 is 11.6 Å². The van der Waals surface area contributed by atoms with Gasteiger partial charge in [0.05, 0.1) is 28.2 Å². The summed E-state index contributed by atoms with van der Waals surface area (Å²) in [5, 5.41) is 24.0. The van der Waals surface area contributed by atoms with E-state index in [1.165, 1.54) is 12.1 Å². The van der Waals surface area contributed by atoms with Gasteiger partial charge in [0.2, 0.25) is 0 Å². The molecule has 1 atom stereocenters. The number of ether oxygens (including phenoxy) is 1. The molecule has 0 spiro atoms. The molecule has 0 saturated heterocycles. The summed E-state index contributed by atoms with van der Waals surface area (Å²) in [6.07, 6.45) is 0.305. The third kappa shape index (κ3) is 5.18. The van der Waals surface area contributed by atoms with Crippen molar-refractivity contribution in [3.63, 3.8) is 0 Å². The van der Waals surface area contributed by atoms with Gasteiger partial charge in [0, 0.05) is 25.1 Å². The molecule has 138 valence electrons. The highest BCUT2D eigenvalue weighted by Gasteiger charge is 2.23. The molecule has 7 nitrogen and oxygen atoms in total. The predicted molar refractivity (Wildman–Crippen MR) is 97.8 cm³/mol. The Morgan fingerprint density at radius 3 is 2.54 bits per heavy atom. The first-order valence-electron chi connectivity index (χ1n) is 7.79. The number of aliphatic hydroxyl groups is 1. The lowest BCUT2D eigenvalue weighted by atomic mass is 9.96. The van der Waals surface area contributed by atoms with Gasteiger partial charge in [0.15, 0.2) is 0 Å². The molecule has 0 aliphatic heterocycles. The highest BCUT2D eigenvalue weighted by atomic mass is 35.5. The van der Waals surface area contributed by atoms with Gasteiger partial charge in [-0.05, 0) is 30.7 Å². The molecule has 0 fully saturated rings. The number of carbonyl (C=O) groups is 1. The number of nitro benzene ring substituents is 1. The van der Waals surface area contributed by atoms with Crippen molar-refractivity contribution >= 4 is 23.2 Å². The molecule has 0 aromatic heterocycles. The molecule has 2 N–H and O–H groups in total. The van der Waals surface area contributed by atoms with Gasteiger partial charge in [-0.3, -0.25) is 14.9 Å². The zero-order valence-electron chi connectivity index (χ0n) is 14.4. The van der Waals surface area contributed by atoms with Gasteiger partial charge < -0.3 is 15.2 Å². The lowest BCUT2D eigenvalue weighted by Gasteiger charge is -2.24. The van der Waals surface area contributed by atoms with Crippen LogP contribution in [0.5, 0.6) is 5.75 Å². The van der Waals surface area contributed by atoms with E-state index in [0.29, 0.717) is 12.2 Å². The fourth-order valence-corrected chi connectivity index (χ4v) is 2.62. The summed E-state index contributed by atoms with van der Waals surface area (Å²) in [7, 11) is 1.57. The monoisotopic (exact) mass is 378 g/mol. The molecule has 26 heavy (non-hydrogen) atoms. The second kappa shape index (κ2) is 8.16. The van der Waals surface area contributed by atoms with Crippen molar-refractivity contribution in [1.29, 1.82) is 0 Å². The number of methoxy groups -OCH3 is 1. The molecule has 1 amide bonds. The minimum Gasteiger partial charge on any atom is -0.497 e. The van der Waals surface area contributed by atoms with E-state index in [1.54, 1.807) is 26.2 Å². The highest BCUT2D eigenvalue weighted by molar-refractivity contribution is 6.33. The number of hydrogen-bond acceptors (Lipinski definition) is 5. The molecule has 0 heterocycles. The first-order valence-corrected chi connectivity index (χ1v) is 8.17. The zero-order chi connectivity index (χ0) is 19.3. The summed E-state index contributed by atoms with van der Waals surface area (Å²) in [5.74, 6) is 0.121. The van der Waals surface area contributed by atoms with Crippen molar-refractivity contribution in [2.75, 3.05) is 13.7 Å². The van der Waals surface area contributed by atoms with E-state index in [2.05, 4.69) is 5.32 Å². The number of carbonyl (C=O) groups excluding carboxylic acids is 1. The summed E-state index contributed by atoms with van der Waals surface area (Å²) in [4.78, 5) is 22.5. The number of hydrogen-bond donors (Lipinski definition) is 2. The van der Waals surface area contributed by atoms with Gasteiger partial charge in [0.25, 0.3) is 11.6 Å². The summed E-state index contributed by atoms with van der Waals surface area (Å²) < 4.78 is 5.08. The maximum absolute atomic E-state index is 12.3. The number of nitrogens with zero attached hydrogens (tertiary/aromatic N) is 1. The molecule has 8 heteroatoms. The number of rotatable bonds is 7. The second-order valence-electron chi connectivity index (χ2n) is 6.13.